The third-order valence-electron chi connectivity index (χ3n) is 3.50. The predicted molar refractivity (Wildman–Crippen MR) is 82.9 cm³/mol. The van der Waals surface area contributed by atoms with Crippen LogP contribution in [0.15, 0.2) is 60.7 Å². The zero-order valence-electron chi connectivity index (χ0n) is 11.7. The van der Waals surface area contributed by atoms with E-state index in [2.05, 4.69) is 5.32 Å². The minimum absolute atomic E-state index is 0.0165. The van der Waals surface area contributed by atoms with Crippen molar-refractivity contribution < 1.29 is 9.53 Å². The van der Waals surface area contributed by atoms with Crippen molar-refractivity contribution in [1.82, 2.24) is 5.32 Å². The first-order chi connectivity index (χ1) is 10.3. The van der Waals surface area contributed by atoms with Crippen LogP contribution in [0.2, 0.25) is 0 Å². The van der Waals surface area contributed by atoms with E-state index >= 15 is 0 Å². The number of benzene rings is 2. The van der Waals surface area contributed by atoms with Crippen molar-refractivity contribution in [2.24, 2.45) is 0 Å². The number of carbonyl (C=O) groups excluding carboxylic acids is 1. The number of rotatable bonds is 3. The Labute approximate surface area is 124 Å². The lowest BCUT2D eigenvalue weighted by Gasteiger charge is -2.26. The van der Waals surface area contributed by atoms with Gasteiger partial charge in [0.2, 0.25) is 5.91 Å². The molecular weight excluding hydrogens is 262 g/mol. The number of fused-ring (bicyclic) bond motifs is 1. The molecule has 1 amide bonds. The Morgan fingerprint density at radius 1 is 1.10 bits per heavy atom. The van der Waals surface area contributed by atoms with Crippen molar-refractivity contribution in [1.29, 1.82) is 0 Å². The molecule has 0 spiro atoms. The molecular formula is C18H17NO2. The summed E-state index contributed by atoms with van der Waals surface area (Å²) in [6, 6.07) is 17.7. The average molecular weight is 279 g/mol. The number of nitrogens with one attached hydrogen (secondary N) is 1. The van der Waals surface area contributed by atoms with Crippen LogP contribution in [0.4, 0.5) is 0 Å². The average Bonchev–Trinajstić information content (AvgIpc) is 2.54. The van der Waals surface area contributed by atoms with Gasteiger partial charge < -0.3 is 10.1 Å². The molecule has 1 aliphatic rings. The van der Waals surface area contributed by atoms with Crippen LogP contribution in [-0.4, -0.2) is 12.5 Å². The van der Waals surface area contributed by atoms with E-state index in [4.69, 9.17) is 4.74 Å². The number of amides is 1. The first-order valence-corrected chi connectivity index (χ1v) is 7.08. The summed E-state index contributed by atoms with van der Waals surface area (Å²) in [4.78, 5) is 12.1. The molecule has 106 valence electrons. The largest absolute Gasteiger partial charge is 0.493 e. The summed E-state index contributed by atoms with van der Waals surface area (Å²) >= 11 is 0. The molecule has 3 rings (SSSR count). The van der Waals surface area contributed by atoms with Crippen LogP contribution in [-0.2, 0) is 4.79 Å². The van der Waals surface area contributed by atoms with Crippen LogP contribution >= 0.6 is 0 Å². The number of ether oxygens (including phenoxy) is 1. The van der Waals surface area contributed by atoms with Crippen molar-refractivity contribution in [3.63, 3.8) is 0 Å². The zero-order chi connectivity index (χ0) is 14.5. The molecule has 0 radical (unpaired) electrons. The van der Waals surface area contributed by atoms with Crippen molar-refractivity contribution in [3.05, 3.63) is 71.8 Å². The topological polar surface area (TPSA) is 38.3 Å². The monoisotopic (exact) mass is 279 g/mol. The number of para-hydroxylation sites is 1. The summed E-state index contributed by atoms with van der Waals surface area (Å²) in [7, 11) is 0. The maximum Gasteiger partial charge on any atom is 0.244 e. The molecule has 1 heterocycles. The third kappa shape index (κ3) is 3.31. The molecule has 0 fully saturated rings. The fraction of sp³-hybridized carbons (Fsp3) is 0.167. The van der Waals surface area contributed by atoms with Crippen molar-refractivity contribution >= 4 is 12.0 Å². The van der Waals surface area contributed by atoms with Crippen molar-refractivity contribution in [3.8, 4) is 5.75 Å². The van der Waals surface area contributed by atoms with Gasteiger partial charge in [0.05, 0.1) is 12.6 Å². The van der Waals surface area contributed by atoms with Crippen LogP contribution in [0.25, 0.3) is 6.08 Å². The first kappa shape index (κ1) is 13.4. The van der Waals surface area contributed by atoms with E-state index in [9.17, 15) is 4.79 Å². The Kier molecular flexibility index (Phi) is 4.01. The lowest BCUT2D eigenvalue weighted by atomic mass is 10.0. The summed E-state index contributed by atoms with van der Waals surface area (Å²) in [6.07, 6.45) is 4.19. The normalized spacial score (nSPS) is 17.0. The lowest BCUT2D eigenvalue weighted by Crippen LogP contribution is -2.30. The number of hydrogen-bond donors (Lipinski definition) is 1. The van der Waals surface area contributed by atoms with E-state index in [0.29, 0.717) is 6.61 Å². The fourth-order valence-electron chi connectivity index (χ4n) is 2.45. The molecule has 21 heavy (non-hydrogen) atoms. The maximum atomic E-state index is 12.1. The van der Waals surface area contributed by atoms with Gasteiger partial charge >= 0.3 is 0 Å². The molecule has 3 nitrogen and oxygen atoms in total. The number of hydrogen-bond acceptors (Lipinski definition) is 2. The van der Waals surface area contributed by atoms with Gasteiger partial charge in [-0.05, 0) is 17.7 Å². The Hall–Kier alpha value is -2.55. The molecule has 0 unspecified atom stereocenters. The van der Waals surface area contributed by atoms with Crippen LogP contribution in [0, 0.1) is 0 Å². The molecule has 0 bridgehead atoms. The predicted octanol–water partition coefficient (Wildman–Crippen LogP) is 3.34. The molecule has 2 aromatic carbocycles. The smallest absolute Gasteiger partial charge is 0.244 e. The molecule has 0 aromatic heterocycles. The molecule has 1 atom stereocenters. The Bertz CT molecular complexity index is 649. The van der Waals surface area contributed by atoms with Gasteiger partial charge in [0.1, 0.15) is 5.75 Å². The highest BCUT2D eigenvalue weighted by molar-refractivity contribution is 5.92. The molecule has 1 aliphatic heterocycles. The van der Waals surface area contributed by atoms with Gasteiger partial charge in [-0.25, -0.2) is 0 Å². The van der Waals surface area contributed by atoms with Gasteiger partial charge in [0, 0.05) is 18.1 Å². The Morgan fingerprint density at radius 3 is 2.71 bits per heavy atom. The van der Waals surface area contributed by atoms with Crippen LogP contribution < -0.4 is 10.1 Å². The van der Waals surface area contributed by atoms with E-state index in [-0.39, 0.29) is 11.9 Å². The zero-order valence-corrected chi connectivity index (χ0v) is 11.7. The highest BCUT2D eigenvalue weighted by Gasteiger charge is 2.21. The van der Waals surface area contributed by atoms with Crippen molar-refractivity contribution in [2.45, 2.75) is 12.5 Å². The molecule has 1 N–H and O–H groups in total. The molecule has 0 aliphatic carbocycles. The van der Waals surface area contributed by atoms with Crippen LogP contribution in [0.5, 0.6) is 5.75 Å². The molecule has 2 aromatic rings. The van der Waals surface area contributed by atoms with Gasteiger partial charge in [-0.2, -0.15) is 0 Å². The second-order valence-electron chi connectivity index (χ2n) is 4.98. The van der Waals surface area contributed by atoms with E-state index in [1.165, 1.54) is 0 Å². The molecule has 0 saturated carbocycles. The van der Waals surface area contributed by atoms with Gasteiger partial charge in [-0.15, -0.1) is 0 Å². The second kappa shape index (κ2) is 6.27. The number of carbonyl (C=O) groups is 1. The minimum Gasteiger partial charge on any atom is -0.493 e. The van der Waals surface area contributed by atoms with Crippen LogP contribution in [0.1, 0.15) is 23.6 Å². The second-order valence-corrected chi connectivity index (χ2v) is 4.98. The maximum absolute atomic E-state index is 12.1. The van der Waals surface area contributed by atoms with E-state index in [0.717, 1.165) is 23.3 Å². The SMILES string of the molecule is O=C(/C=C/c1ccccc1)N[C@@H]1CCOc2ccccc21. The lowest BCUT2D eigenvalue weighted by molar-refractivity contribution is -0.117. The molecule has 3 heteroatoms. The fourth-order valence-corrected chi connectivity index (χ4v) is 2.45. The van der Waals surface area contributed by atoms with E-state index in [1.807, 2.05) is 60.7 Å². The third-order valence-corrected chi connectivity index (χ3v) is 3.50. The van der Waals surface area contributed by atoms with Gasteiger partial charge in [0.15, 0.2) is 0 Å². The highest BCUT2D eigenvalue weighted by Crippen LogP contribution is 2.31. The van der Waals surface area contributed by atoms with Gasteiger partial charge in [-0.1, -0.05) is 48.5 Å². The summed E-state index contributed by atoms with van der Waals surface area (Å²) < 4.78 is 5.60. The van der Waals surface area contributed by atoms with E-state index < -0.39 is 0 Å². The van der Waals surface area contributed by atoms with Crippen molar-refractivity contribution in [2.75, 3.05) is 6.61 Å². The Morgan fingerprint density at radius 2 is 1.86 bits per heavy atom. The highest BCUT2D eigenvalue weighted by atomic mass is 16.5. The summed E-state index contributed by atoms with van der Waals surface area (Å²) in [5.74, 6) is 0.779. The first-order valence-electron chi connectivity index (χ1n) is 7.08. The summed E-state index contributed by atoms with van der Waals surface area (Å²) in [6.45, 7) is 0.629. The van der Waals surface area contributed by atoms with E-state index in [1.54, 1.807) is 6.08 Å². The quantitative estimate of drug-likeness (QED) is 0.875. The minimum atomic E-state index is -0.0828. The van der Waals surface area contributed by atoms with Gasteiger partial charge in [-0.3, -0.25) is 4.79 Å². The van der Waals surface area contributed by atoms with Crippen LogP contribution in [0.3, 0.4) is 0 Å². The molecule has 0 saturated heterocycles. The summed E-state index contributed by atoms with van der Waals surface area (Å²) in [5.41, 5.74) is 2.06. The Balaban J connectivity index is 1.67. The standard InChI is InChI=1S/C18H17NO2/c20-18(11-10-14-6-2-1-3-7-14)19-16-12-13-21-17-9-5-4-8-15(16)17/h1-11,16H,12-13H2,(H,19,20)/b11-10+/t16-/m1/s1. The van der Waals surface area contributed by atoms with Gasteiger partial charge in [0.25, 0.3) is 0 Å². The summed E-state index contributed by atoms with van der Waals surface area (Å²) in [5, 5.41) is 3.04.